The minimum atomic E-state index is -4.87. The van der Waals surface area contributed by atoms with E-state index < -0.39 is 30.5 Å². The van der Waals surface area contributed by atoms with Crippen LogP contribution in [-0.2, 0) is 9.59 Å². The van der Waals surface area contributed by atoms with Crippen molar-refractivity contribution in [2.45, 2.75) is 44.7 Å². The van der Waals surface area contributed by atoms with E-state index in [1.165, 1.54) is 5.56 Å². The molecular formula is C19H22F3NO3. The van der Waals surface area contributed by atoms with E-state index in [0.29, 0.717) is 12.3 Å². The molecule has 0 spiro atoms. The molecule has 1 aliphatic heterocycles. The van der Waals surface area contributed by atoms with Gasteiger partial charge in [0.15, 0.2) is 5.41 Å². The minimum Gasteiger partial charge on any atom is -0.481 e. The van der Waals surface area contributed by atoms with Crippen LogP contribution in [0.2, 0.25) is 0 Å². The lowest BCUT2D eigenvalue weighted by Gasteiger charge is -2.27. The summed E-state index contributed by atoms with van der Waals surface area (Å²) >= 11 is 0. The third-order valence-corrected chi connectivity index (χ3v) is 5.67. The minimum absolute atomic E-state index is 0.00873. The molecular weight excluding hydrogens is 347 g/mol. The molecule has 1 aliphatic carbocycles. The first-order valence-corrected chi connectivity index (χ1v) is 8.75. The fraction of sp³-hybridized carbons (Fsp3) is 0.579. The first kappa shape index (κ1) is 18.7. The number of nitrogens with zero attached hydrogens (tertiary/aromatic N) is 1. The number of carbonyl (C=O) groups excluding carboxylic acids is 1. The zero-order valence-corrected chi connectivity index (χ0v) is 14.7. The molecule has 3 rings (SSSR count). The molecule has 2 aliphatic rings. The molecule has 1 N–H and O–H groups in total. The molecule has 26 heavy (non-hydrogen) atoms. The highest BCUT2D eigenvalue weighted by atomic mass is 19.4. The summed E-state index contributed by atoms with van der Waals surface area (Å²) in [5.74, 6) is -2.21. The van der Waals surface area contributed by atoms with Crippen molar-refractivity contribution in [2.24, 2.45) is 11.3 Å². The van der Waals surface area contributed by atoms with Crippen LogP contribution in [0.4, 0.5) is 13.2 Å². The van der Waals surface area contributed by atoms with Gasteiger partial charge in [-0.15, -0.1) is 0 Å². The molecule has 0 radical (unpaired) electrons. The van der Waals surface area contributed by atoms with Crippen molar-refractivity contribution in [3.8, 4) is 0 Å². The van der Waals surface area contributed by atoms with Crippen molar-refractivity contribution < 1.29 is 27.9 Å². The number of carboxylic acid groups (broad SMARTS) is 1. The van der Waals surface area contributed by atoms with Crippen molar-refractivity contribution in [3.05, 3.63) is 35.4 Å². The molecule has 3 atom stereocenters. The maximum absolute atomic E-state index is 13.2. The number of halogens is 3. The number of likely N-dealkylation sites (tertiary alicyclic amines) is 1. The Hall–Kier alpha value is -2.05. The van der Waals surface area contributed by atoms with Gasteiger partial charge in [-0.2, -0.15) is 13.2 Å². The summed E-state index contributed by atoms with van der Waals surface area (Å²) < 4.78 is 39.7. The van der Waals surface area contributed by atoms with Crippen LogP contribution in [0.15, 0.2) is 24.3 Å². The topological polar surface area (TPSA) is 57.6 Å². The van der Waals surface area contributed by atoms with Gasteiger partial charge in [0.25, 0.3) is 0 Å². The second kappa shape index (κ2) is 6.28. The van der Waals surface area contributed by atoms with Gasteiger partial charge in [0.2, 0.25) is 5.91 Å². The quantitative estimate of drug-likeness (QED) is 0.879. The molecule has 1 saturated heterocycles. The third-order valence-electron chi connectivity index (χ3n) is 5.67. The summed E-state index contributed by atoms with van der Waals surface area (Å²) in [4.78, 5) is 24.9. The molecule has 4 nitrogen and oxygen atoms in total. The number of benzene rings is 1. The number of hydrogen-bond donors (Lipinski definition) is 1. The van der Waals surface area contributed by atoms with Crippen molar-refractivity contribution in [2.75, 3.05) is 13.1 Å². The fourth-order valence-corrected chi connectivity index (χ4v) is 3.72. The van der Waals surface area contributed by atoms with Gasteiger partial charge in [-0.25, -0.2) is 0 Å². The lowest BCUT2D eigenvalue weighted by atomic mass is 9.86. The van der Waals surface area contributed by atoms with Crippen molar-refractivity contribution >= 4 is 11.9 Å². The van der Waals surface area contributed by atoms with E-state index >= 15 is 0 Å². The average molecular weight is 369 g/mol. The smallest absolute Gasteiger partial charge is 0.406 e. The van der Waals surface area contributed by atoms with Gasteiger partial charge in [-0.1, -0.05) is 38.1 Å². The van der Waals surface area contributed by atoms with Gasteiger partial charge in [0.05, 0.1) is 0 Å². The largest absolute Gasteiger partial charge is 0.481 e. The fourth-order valence-electron chi connectivity index (χ4n) is 3.72. The summed E-state index contributed by atoms with van der Waals surface area (Å²) in [5.41, 5.74) is -0.646. The molecule has 142 valence electrons. The summed E-state index contributed by atoms with van der Waals surface area (Å²) in [6.45, 7) is 3.21. The SMILES string of the molecule is CC(C)c1ccc(C2CC2C(=O)N2CCC(C(=O)O)(C(F)(F)F)C2)cc1. The zero-order chi connectivity index (χ0) is 19.3. The van der Waals surface area contributed by atoms with Crippen molar-refractivity contribution in [1.29, 1.82) is 0 Å². The summed E-state index contributed by atoms with van der Waals surface area (Å²) in [6.07, 6.45) is -4.86. The second-order valence-corrected chi connectivity index (χ2v) is 7.66. The molecule has 2 fully saturated rings. The Labute approximate surface area is 150 Å². The van der Waals surface area contributed by atoms with Gasteiger partial charge in [-0.3, -0.25) is 9.59 Å². The van der Waals surface area contributed by atoms with Gasteiger partial charge in [0, 0.05) is 19.0 Å². The van der Waals surface area contributed by atoms with Crippen LogP contribution in [0.25, 0.3) is 0 Å². The molecule has 1 heterocycles. The van der Waals surface area contributed by atoms with Gasteiger partial charge >= 0.3 is 12.1 Å². The van der Waals surface area contributed by atoms with Crippen molar-refractivity contribution in [1.82, 2.24) is 4.90 Å². The first-order valence-electron chi connectivity index (χ1n) is 8.75. The Morgan fingerprint density at radius 3 is 2.31 bits per heavy atom. The van der Waals surface area contributed by atoms with E-state index in [1.807, 2.05) is 24.3 Å². The monoisotopic (exact) mass is 369 g/mol. The highest BCUT2D eigenvalue weighted by Crippen LogP contribution is 2.51. The third kappa shape index (κ3) is 3.08. The van der Waals surface area contributed by atoms with E-state index in [9.17, 15) is 22.8 Å². The summed E-state index contributed by atoms with van der Waals surface area (Å²) in [6, 6.07) is 7.95. The van der Waals surface area contributed by atoms with E-state index in [1.54, 1.807) is 0 Å². The van der Waals surface area contributed by atoms with Gasteiger partial charge in [-0.05, 0) is 35.8 Å². The van der Waals surface area contributed by atoms with Crippen LogP contribution in [0.1, 0.15) is 49.7 Å². The number of carbonyl (C=O) groups is 2. The Kier molecular flexibility index (Phi) is 4.53. The van der Waals surface area contributed by atoms with E-state index in [0.717, 1.165) is 10.5 Å². The second-order valence-electron chi connectivity index (χ2n) is 7.66. The van der Waals surface area contributed by atoms with Crippen LogP contribution >= 0.6 is 0 Å². The molecule has 1 aromatic rings. The molecule has 7 heteroatoms. The molecule has 0 aromatic heterocycles. The van der Waals surface area contributed by atoms with Crippen LogP contribution in [-0.4, -0.2) is 41.1 Å². The Bertz CT molecular complexity index is 714. The number of hydrogen-bond acceptors (Lipinski definition) is 2. The average Bonchev–Trinajstić information content (AvgIpc) is 3.22. The van der Waals surface area contributed by atoms with Crippen molar-refractivity contribution in [3.63, 3.8) is 0 Å². The van der Waals surface area contributed by atoms with Crippen LogP contribution in [0, 0.1) is 11.3 Å². The lowest BCUT2D eigenvalue weighted by molar-refractivity contribution is -0.227. The standard InChI is InChI=1S/C19H22F3NO3/c1-11(2)12-3-5-13(6-4-12)14-9-15(14)16(24)23-8-7-18(10-23,17(25)26)19(20,21)22/h3-6,11,14-15H,7-10H2,1-2H3,(H,25,26). The molecule has 0 bridgehead atoms. The van der Waals surface area contributed by atoms with Crippen LogP contribution in [0.5, 0.6) is 0 Å². The number of amides is 1. The highest BCUT2D eigenvalue weighted by molar-refractivity contribution is 5.85. The molecule has 1 amide bonds. The molecule has 3 unspecified atom stereocenters. The molecule has 1 saturated carbocycles. The maximum Gasteiger partial charge on any atom is 0.406 e. The van der Waals surface area contributed by atoms with E-state index in [2.05, 4.69) is 13.8 Å². The predicted octanol–water partition coefficient (Wildman–Crippen LogP) is 3.78. The molecule has 1 aromatic carbocycles. The predicted molar refractivity (Wildman–Crippen MR) is 88.7 cm³/mol. The Balaban J connectivity index is 1.67. The Morgan fingerprint density at radius 1 is 1.23 bits per heavy atom. The summed E-state index contributed by atoms with van der Waals surface area (Å²) in [5, 5.41) is 9.10. The first-order chi connectivity index (χ1) is 12.1. The normalized spacial score (nSPS) is 28.5. The highest BCUT2D eigenvalue weighted by Gasteiger charge is 2.65. The zero-order valence-electron chi connectivity index (χ0n) is 14.7. The van der Waals surface area contributed by atoms with Gasteiger partial charge < -0.3 is 10.0 Å². The maximum atomic E-state index is 13.2. The van der Waals surface area contributed by atoms with Gasteiger partial charge in [0.1, 0.15) is 0 Å². The summed E-state index contributed by atoms with van der Waals surface area (Å²) in [7, 11) is 0. The number of carboxylic acids is 1. The number of aliphatic carboxylic acids is 1. The number of alkyl halides is 3. The number of rotatable bonds is 4. The van der Waals surface area contributed by atoms with E-state index in [4.69, 9.17) is 5.11 Å². The van der Waals surface area contributed by atoms with Crippen LogP contribution in [0.3, 0.4) is 0 Å². The lowest BCUT2D eigenvalue weighted by Crippen LogP contribution is -2.48. The van der Waals surface area contributed by atoms with E-state index in [-0.39, 0.29) is 24.3 Å². The Morgan fingerprint density at radius 2 is 1.85 bits per heavy atom. The van der Waals surface area contributed by atoms with Crippen LogP contribution < -0.4 is 0 Å².